The van der Waals surface area contributed by atoms with Crippen molar-refractivity contribution in [2.45, 2.75) is 55.6 Å². The molecule has 0 spiro atoms. The van der Waals surface area contributed by atoms with Gasteiger partial charge in [-0.05, 0) is 60.7 Å². The summed E-state index contributed by atoms with van der Waals surface area (Å²) < 4.78 is 109. The van der Waals surface area contributed by atoms with Gasteiger partial charge in [0, 0.05) is 6.04 Å². The van der Waals surface area contributed by atoms with Gasteiger partial charge in [0.15, 0.2) is 0 Å². The topological polar surface area (TPSA) is 55.4 Å². The van der Waals surface area contributed by atoms with Crippen LogP contribution in [0.1, 0.15) is 49.3 Å². The van der Waals surface area contributed by atoms with Crippen LogP contribution in [0.25, 0.3) is 0 Å². The number of rotatable bonds is 6. The fraction of sp³-hybridized carbons (Fsp3) is 0.429. The molecule has 4 nitrogen and oxygen atoms in total. The van der Waals surface area contributed by atoms with Crippen LogP contribution >= 0.6 is 0 Å². The molecule has 1 saturated carbocycles. The molecular formula is C21H21F6NO3S. The highest BCUT2D eigenvalue weighted by molar-refractivity contribution is 7.89. The molecule has 1 aliphatic carbocycles. The fourth-order valence-electron chi connectivity index (χ4n) is 3.87. The molecule has 1 atom stereocenters. The predicted molar refractivity (Wildman–Crippen MR) is 104 cm³/mol. The van der Waals surface area contributed by atoms with Gasteiger partial charge in [0.25, 0.3) is 0 Å². The van der Waals surface area contributed by atoms with Crippen LogP contribution in [0.3, 0.4) is 0 Å². The second-order valence-electron chi connectivity index (χ2n) is 7.64. The molecule has 11 heteroatoms. The monoisotopic (exact) mass is 481 g/mol. The predicted octanol–water partition coefficient (Wildman–Crippen LogP) is 6.20. The highest BCUT2D eigenvalue weighted by atomic mass is 32.2. The Kier molecular flexibility index (Phi) is 7.09. The summed E-state index contributed by atoms with van der Waals surface area (Å²) in [4.78, 5) is -0.320. The van der Waals surface area contributed by atoms with Crippen molar-refractivity contribution in [1.29, 1.82) is 0 Å². The van der Waals surface area contributed by atoms with Crippen LogP contribution in [-0.4, -0.2) is 14.8 Å². The van der Waals surface area contributed by atoms with Crippen LogP contribution in [0.15, 0.2) is 53.4 Å². The highest BCUT2D eigenvalue weighted by Gasteiger charge is 2.34. The zero-order valence-electron chi connectivity index (χ0n) is 16.7. The normalized spacial score (nSPS) is 17.2. The summed E-state index contributed by atoms with van der Waals surface area (Å²) in [5.74, 6) is -0.798. The molecular weight excluding hydrogens is 460 g/mol. The Hall–Kier alpha value is -2.27. The first-order valence-electron chi connectivity index (χ1n) is 9.90. The third-order valence-electron chi connectivity index (χ3n) is 5.34. The molecule has 2 aromatic rings. The average molecular weight is 481 g/mol. The van der Waals surface area contributed by atoms with E-state index in [9.17, 15) is 34.8 Å². The summed E-state index contributed by atoms with van der Waals surface area (Å²) in [6.07, 6.45) is -5.62. The van der Waals surface area contributed by atoms with Crippen LogP contribution in [0.2, 0.25) is 0 Å². The number of alkyl halides is 6. The highest BCUT2D eigenvalue weighted by Crippen LogP contribution is 2.38. The second kappa shape index (κ2) is 9.30. The Morgan fingerprint density at radius 2 is 1.53 bits per heavy atom. The van der Waals surface area contributed by atoms with Gasteiger partial charge in [-0.3, -0.25) is 0 Å². The summed E-state index contributed by atoms with van der Waals surface area (Å²) in [7, 11) is -4.23. The third-order valence-corrected chi connectivity index (χ3v) is 6.80. The van der Waals surface area contributed by atoms with Crippen molar-refractivity contribution >= 4 is 10.0 Å². The van der Waals surface area contributed by atoms with E-state index in [1.165, 1.54) is 12.1 Å². The van der Waals surface area contributed by atoms with Gasteiger partial charge in [-0.2, -0.15) is 13.2 Å². The molecule has 1 aliphatic rings. The lowest BCUT2D eigenvalue weighted by molar-refractivity contribution is -0.274. The number of hydrogen-bond acceptors (Lipinski definition) is 3. The van der Waals surface area contributed by atoms with Crippen LogP contribution in [0.4, 0.5) is 26.3 Å². The van der Waals surface area contributed by atoms with Gasteiger partial charge in [-0.1, -0.05) is 31.4 Å². The molecule has 1 N–H and O–H groups in total. The SMILES string of the molecule is O=S(=O)(N[C@H](c1cccc(C(F)(F)F)c1)C1CCCCC1)c1ccc(OC(F)(F)F)cc1. The molecule has 0 aromatic heterocycles. The minimum atomic E-state index is -4.92. The van der Waals surface area contributed by atoms with E-state index >= 15 is 0 Å². The van der Waals surface area contributed by atoms with Gasteiger partial charge in [-0.15, -0.1) is 13.2 Å². The molecule has 1 fully saturated rings. The van der Waals surface area contributed by atoms with Gasteiger partial charge >= 0.3 is 12.5 Å². The Balaban J connectivity index is 1.91. The van der Waals surface area contributed by atoms with Crippen LogP contribution in [-0.2, 0) is 16.2 Å². The molecule has 176 valence electrons. The first kappa shape index (κ1) is 24.4. The smallest absolute Gasteiger partial charge is 0.406 e. The maximum absolute atomic E-state index is 13.2. The summed E-state index contributed by atoms with van der Waals surface area (Å²) in [5, 5.41) is 0. The maximum atomic E-state index is 13.2. The summed E-state index contributed by atoms with van der Waals surface area (Å²) in [6.45, 7) is 0. The molecule has 2 aromatic carbocycles. The van der Waals surface area contributed by atoms with E-state index in [1.807, 2.05) is 0 Å². The van der Waals surface area contributed by atoms with Crippen LogP contribution < -0.4 is 9.46 Å². The van der Waals surface area contributed by atoms with Crippen molar-refractivity contribution in [3.8, 4) is 5.75 Å². The van der Waals surface area contributed by atoms with E-state index in [2.05, 4.69) is 9.46 Å². The first-order chi connectivity index (χ1) is 14.9. The largest absolute Gasteiger partial charge is 0.573 e. The summed E-state index contributed by atoms with van der Waals surface area (Å²) in [5.41, 5.74) is -0.698. The lowest BCUT2D eigenvalue weighted by Crippen LogP contribution is -2.34. The molecule has 32 heavy (non-hydrogen) atoms. The summed E-state index contributed by atoms with van der Waals surface area (Å²) >= 11 is 0. The fourth-order valence-corrected chi connectivity index (χ4v) is 5.16. The Labute approximate surface area is 181 Å². The number of nitrogens with one attached hydrogen (secondary N) is 1. The molecule has 0 aliphatic heterocycles. The number of ether oxygens (including phenoxy) is 1. The van der Waals surface area contributed by atoms with E-state index in [1.54, 1.807) is 0 Å². The lowest BCUT2D eigenvalue weighted by Gasteiger charge is -2.31. The Morgan fingerprint density at radius 3 is 2.09 bits per heavy atom. The molecule has 0 unspecified atom stereocenters. The number of benzene rings is 2. The van der Waals surface area contributed by atoms with E-state index < -0.39 is 39.9 Å². The number of sulfonamides is 1. The van der Waals surface area contributed by atoms with Gasteiger partial charge in [-0.25, -0.2) is 13.1 Å². The van der Waals surface area contributed by atoms with Crippen molar-refractivity contribution in [2.75, 3.05) is 0 Å². The zero-order chi connectivity index (χ0) is 23.6. The standard InChI is InChI=1S/C21H21F6NO3S/c22-20(23,24)16-8-4-7-15(13-16)19(14-5-2-1-3-6-14)28-32(29,30)18-11-9-17(10-12-18)31-21(25,26)27/h4,7-14,19,28H,1-3,5-6H2/t19-/m0/s1. The van der Waals surface area contributed by atoms with E-state index in [0.717, 1.165) is 55.7 Å². The molecule has 0 heterocycles. The first-order valence-corrected chi connectivity index (χ1v) is 11.4. The molecule has 0 saturated heterocycles. The average Bonchev–Trinajstić information content (AvgIpc) is 2.71. The van der Waals surface area contributed by atoms with Crippen molar-refractivity contribution in [1.82, 2.24) is 4.72 Å². The van der Waals surface area contributed by atoms with E-state index in [0.29, 0.717) is 12.8 Å². The Bertz CT molecular complexity index is 1010. The molecule has 0 radical (unpaired) electrons. The zero-order valence-corrected chi connectivity index (χ0v) is 17.5. The van der Waals surface area contributed by atoms with E-state index in [-0.39, 0.29) is 16.4 Å². The lowest BCUT2D eigenvalue weighted by atomic mass is 9.81. The molecule has 3 rings (SSSR count). The number of hydrogen-bond donors (Lipinski definition) is 1. The maximum Gasteiger partial charge on any atom is 0.573 e. The minimum Gasteiger partial charge on any atom is -0.406 e. The second-order valence-corrected chi connectivity index (χ2v) is 9.35. The summed E-state index contributed by atoms with van der Waals surface area (Å²) in [6, 6.07) is 7.24. The Morgan fingerprint density at radius 1 is 0.906 bits per heavy atom. The van der Waals surface area contributed by atoms with E-state index in [4.69, 9.17) is 0 Å². The van der Waals surface area contributed by atoms with Crippen LogP contribution in [0.5, 0.6) is 5.75 Å². The molecule has 0 bridgehead atoms. The quantitative estimate of drug-likeness (QED) is 0.500. The molecule has 0 amide bonds. The van der Waals surface area contributed by atoms with Gasteiger partial charge in [0.1, 0.15) is 5.75 Å². The minimum absolute atomic E-state index is 0.187. The number of halogens is 6. The van der Waals surface area contributed by atoms with Gasteiger partial charge < -0.3 is 4.74 Å². The van der Waals surface area contributed by atoms with Crippen molar-refractivity contribution in [3.05, 3.63) is 59.7 Å². The van der Waals surface area contributed by atoms with Gasteiger partial charge in [0.2, 0.25) is 10.0 Å². The third kappa shape index (κ3) is 6.38. The van der Waals surface area contributed by atoms with Crippen LogP contribution in [0, 0.1) is 5.92 Å². The van der Waals surface area contributed by atoms with Gasteiger partial charge in [0.05, 0.1) is 10.5 Å². The van der Waals surface area contributed by atoms with Crippen molar-refractivity contribution in [3.63, 3.8) is 0 Å². The van der Waals surface area contributed by atoms with Crippen molar-refractivity contribution in [2.24, 2.45) is 5.92 Å². The van der Waals surface area contributed by atoms with Crippen molar-refractivity contribution < 1.29 is 39.5 Å².